The molecule has 1 atom stereocenters. The maximum atomic E-state index is 11.8. The summed E-state index contributed by atoms with van der Waals surface area (Å²) in [6.07, 6.45) is -0.840. The molecule has 1 aliphatic heterocycles. The molecule has 20 heavy (non-hydrogen) atoms. The van der Waals surface area contributed by atoms with E-state index in [1.54, 1.807) is 6.07 Å². The van der Waals surface area contributed by atoms with E-state index in [1.165, 1.54) is 4.90 Å². The minimum absolute atomic E-state index is 0.0946. The molecule has 5 nitrogen and oxygen atoms in total. The first-order valence-electron chi connectivity index (χ1n) is 6.46. The Morgan fingerprint density at radius 3 is 2.65 bits per heavy atom. The number of amides is 2. The van der Waals surface area contributed by atoms with E-state index >= 15 is 0 Å². The second-order valence-electron chi connectivity index (χ2n) is 4.12. The zero-order valence-electron chi connectivity index (χ0n) is 11.9. The molecule has 1 unspecified atom stereocenters. The Hall–Kier alpha value is -1.75. The molecule has 110 valence electrons. The Bertz CT molecular complexity index is 505. The molecule has 1 aliphatic rings. The van der Waals surface area contributed by atoms with Crippen molar-refractivity contribution in [3.8, 4) is 5.75 Å². The molecule has 2 amide bonds. The number of halogens is 1. The summed E-state index contributed by atoms with van der Waals surface area (Å²) in [4.78, 5) is 24.4. The van der Waals surface area contributed by atoms with Gasteiger partial charge in [-0.25, -0.2) is 0 Å². The van der Waals surface area contributed by atoms with Crippen LogP contribution in [0.2, 0.25) is 0 Å². The van der Waals surface area contributed by atoms with E-state index in [4.69, 9.17) is 22.1 Å². The fourth-order valence-corrected chi connectivity index (χ4v) is 1.99. The highest BCUT2D eigenvalue weighted by molar-refractivity contribution is 6.29. The number of ether oxygens (including phenoxy) is 1. The summed E-state index contributed by atoms with van der Waals surface area (Å²) in [7, 11) is 0. The van der Waals surface area contributed by atoms with Crippen LogP contribution in [0.4, 0.5) is 5.69 Å². The Morgan fingerprint density at radius 2 is 2.10 bits per heavy atom. The number of nitrogens with zero attached hydrogens (tertiary/aromatic N) is 1. The van der Waals surface area contributed by atoms with Gasteiger partial charge in [0.1, 0.15) is 11.6 Å². The molecule has 0 saturated carbocycles. The van der Waals surface area contributed by atoms with Crippen LogP contribution < -0.4 is 15.4 Å². The van der Waals surface area contributed by atoms with Crippen molar-refractivity contribution in [2.45, 2.75) is 26.9 Å². The molecule has 0 spiro atoms. The smallest absolute Gasteiger partial charge is 0.260 e. The van der Waals surface area contributed by atoms with Gasteiger partial charge in [0.25, 0.3) is 5.91 Å². The number of carbonyl (C=O) groups excluding carboxylic acids is 2. The van der Waals surface area contributed by atoms with Crippen molar-refractivity contribution >= 4 is 29.1 Å². The molecule has 0 radical (unpaired) electrons. The Kier molecular flexibility index (Phi) is 5.82. The Morgan fingerprint density at radius 1 is 1.45 bits per heavy atom. The van der Waals surface area contributed by atoms with Crippen molar-refractivity contribution in [1.29, 1.82) is 0 Å². The zero-order valence-corrected chi connectivity index (χ0v) is 12.6. The molecule has 0 aliphatic carbocycles. The van der Waals surface area contributed by atoms with Gasteiger partial charge in [0.15, 0.2) is 6.10 Å². The fourth-order valence-electron chi connectivity index (χ4n) is 1.85. The number of hydrogen-bond donors (Lipinski definition) is 1. The van der Waals surface area contributed by atoms with E-state index < -0.39 is 12.0 Å². The van der Waals surface area contributed by atoms with Gasteiger partial charge in [0.2, 0.25) is 5.91 Å². The van der Waals surface area contributed by atoms with Crippen LogP contribution >= 0.6 is 11.6 Å². The molecule has 1 aromatic carbocycles. The highest BCUT2D eigenvalue weighted by atomic mass is 35.5. The topological polar surface area (TPSA) is 72.6 Å². The summed E-state index contributed by atoms with van der Waals surface area (Å²) in [6.45, 7) is 6.00. The molecular weight excluding hydrogens is 280 g/mol. The number of primary amides is 1. The molecule has 0 aromatic heterocycles. The molecule has 0 bridgehead atoms. The molecule has 2 rings (SSSR count). The number of aryl methyl sites for hydroxylation is 1. The first-order valence-corrected chi connectivity index (χ1v) is 6.99. The number of anilines is 1. The SMILES string of the molecule is CC.Cc1ccc2c(c1)N(C(=O)CCl)CC(C(N)=O)O2. The van der Waals surface area contributed by atoms with Gasteiger partial charge in [0, 0.05) is 0 Å². The van der Waals surface area contributed by atoms with Crippen LogP contribution in [-0.4, -0.2) is 30.3 Å². The lowest BCUT2D eigenvalue weighted by molar-refractivity contribution is -0.125. The number of hydrogen-bond acceptors (Lipinski definition) is 3. The van der Waals surface area contributed by atoms with Crippen molar-refractivity contribution in [3.63, 3.8) is 0 Å². The quantitative estimate of drug-likeness (QED) is 0.847. The average molecular weight is 299 g/mol. The van der Waals surface area contributed by atoms with Gasteiger partial charge in [-0.05, 0) is 24.6 Å². The van der Waals surface area contributed by atoms with E-state index in [2.05, 4.69) is 0 Å². The van der Waals surface area contributed by atoms with Crippen LogP contribution in [0.3, 0.4) is 0 Å². The van der Waals surface area contributed by atoms with Crippen molar-refractivity contribution in [2.24, 2.45) is 5.73 Å². The van der Waals surface area contributed by atoms with E-state index in [0.29, 0.717) is 11.4 Å². The highest BCUT2D eigenvalue weighted by Gasteiger charge is 2.32. The molecule has 1 aromatic rings. The number of carbonyl (C=O) groups is 2. The van der Waals surface area contributed by atoms with Gasteiger partial charge in [0.05, 0.1) is 12.2 Å². The lowest BCUT2D eigenvalue weighted by atomic mass is 10.1. The molecular formula is C14H19ClN2O3. The van der Waals surface area contributed by atoms with Crippen LogP contribution in [0, 0.1) is 6.92 Å². The molecule has 6 heteroatoms. The molecule has 2 N–H and O–H groups in total. The summed E-state index contributed by atoms with van der Waals surface area (Å²) in [6, 6.07) is 5.37. The summed E-state index contributed by atoms with van der Waals surface area (Å²) < 4.78 is 5.46. The van der Waals surface area contributed by atoms with Crippen LogP contribution in [0.15, 0.2) is 18.2 Å². The van der Waals surface area contributed by atoms with Crippen LogP contribution in [-0.2, 0) is 9.59 Å². The summed E-state index contributed by atoms with van der Waals surface area (Å²) in [5.41, 5.74) is 6.83. The maximum absolute atomic E-state index is 11.8. The number of alkyl halides is 1. The first-order chi connectivity index (χ1) is 9.52. The Balaban J connectivity index is 0.000000956. The van der Waals surface area contributed by atoms with Crippen molar-refractivity contribution < 1.29 is 14.3 Å². The van der Waals surface area contributed by atoms with Gasteiger partial charge >= 0.3 is 0 Å². The number of rotatable bonds is 2. The van der Waals surface area contributed by atoms with Gasteiger partial charge in [-0.3, -0.25) is 9.59 Å². The maximum Gasteiger partial charge on any atom is 0.260 e. The predicted molar refractivity (Wildman–Crippen MR) is 79.2 cm³/mol. The summed E-state index contributed by atoms with van der Waals surface area (Å²) in [5.74, 6) is -0.570. The third-order valence-electron chi connectivity index (χ3n) is 2.76. The monoisotopic (exact) mass is 298 g/mol. The second kappa shape index (κ2) is 7.14. The number of fused-ring (bicyclic) bond motifs is 1. The predicted octanol–water partition coefficient (Wildman–Crippen LogP) is 1.84. The van der Waals surface area contributed by atoms with Crippen molar-refractivity contribution in [1.82, 2.24) is 0 Å². The second-order valence-corrected chi connectivity index (χ2v) is 4.39. The highest BCUT2D eigenvalue weighted by Crippen LogP contribution is 2.34. The van der Waals surface area contributed by atoms with Crippen molar-refractivity contribution in [3.05, 3.63) is 23.8 Å². The van der Waals surface area contributed by atoms with Gasteiger partial charge in [-0.2, -0.15) is 0 Å². The lowest BCUT2D eigenvalue weighted by Crippen LogP contribution is -2.49. The minimum atomic E-state index is -0.840. The van der Waals surface area contributed by atoms with Crippen LogP contribution in [0.5, 0.6) is 5.75 Å². The van der Waals surface area contributed by atoms with Crippen LogP contribution in [0.1, 0.15) is 19.4 Å². The molecule has 0 fully saturated rings. The van der Waals surface area contributed by atoms with E-state index in [0.717, 1.165) is 5.56 Å². The number of nitrogens with two attached hydrogens (primary N) is 1. The Labute approximate surface area is 123 Å². The molecule has 1 heterocycles. The fraction of sp³-hybridized carbons (Fsp3) is 0.429. The van der Waals surface area contributed by atoms with E-state index in [9.17, 15) is 9.59 Å². The largest absolute Gasteiger partial charge is 0.477 e. The first kappa shape index (κ1) is 16.3. The van der Waals surface area contributed by atoms with E-state index in [-0.39, 0.29) is 18.3 Å². The number of benzene rings is 1. The third kappa shape index (κ3) is 3.42. The third-order valence-corrected chi connectivity index (χ3v) is 2.98. The van der Waals surface area contributed by atoms with Crippen LogP contribution in [0.25, 0.3) is 0 Å². The van der Waals surface area contributed by atoms with Crippen molar-refractivity contribution in [2.75, 3.05) is 17.3 Å². The standard InChI is InChI=1S/C12H13ClN2O3.C2H6/c1-7-2-3-9-8(4-7)15(11(16)5-13)6-10(18-9)12(14)17;1-2/h2-4,10H,5-6H2,1H3,(H2,14,17);1-2H3. The summed E-state index contributed by atoms with van der Waals surface area (Å²) >= 11 is 5.57. The summed E-state index contributed by atoms with van der Waals surface area (Å²) in [5, 5.41) is 0. The lowest BCUT2D eigenvalue weighted by Gasteiger charge is -2.33. The van der Waals surface area contributed by atoms with E-state index in [1.807, 2.05) is 32.9 Å². The van der Waals surface area contributed by atoms with Gasteiger partial charge in [-0.15, -0.1) is 11.6 Å². The normalized spacial score (nSPS) is 16.4. The van der Waals surface area contributed by atoms with Gasteiger partial charge < -0.3 is 15.4 Å². The zero-order chi connectivity index (χ0) is 15.3. The average Bonchev–Trinajstić information content (AvgIpc) is 2.47. The van der Waals surface area contributed by atoms with Gasteiger partial charge in [-0.1, -0.05) is 19.9 Å². The minimum Gasteiger partial charge on any atom is -0.477 e. The molecule has 0 saturated heterocycles.